The monoisotopic (exact) mass is 277 g/mol. The van der Waals surface area contributed by atoms with Gasteiger partial charge in [0.1, 0.15) is 5.75 Å². The summed E-state index contributed by atoms with van der Waals surface area (Å²) in [6, 6.07) is 20.9. The molecular weight excluding hydrogens is 262 g/mol. The predicted molar refractivity (Wildman–Crippen MR) is 84.0 cm³/mol. The minimum atomic E-state index is -0.0667. The molecule has 21 heavy (non-hydrogen) atoms. The van der Waals surface area contributed by atoms with Gasteiger partial charge in [0.2, 0.25) is 0 Å². The van der Waals surface area contributed by atoms with E-state index in [0.717, 1.165) is 22.6 Å². The minimum Gasteiger partial charge on any atom is -0.497 e. The van der Waals surface area contributed by atoms with Crippen molar-refractivity contribution in [3.8, 4) is 22.6 Å². The van der Waals surface area contributed by atoms with Crippen molar-refractivity contribution in [3.63, 3.8) is 0 Å². The number of methoxy groups -OCH3 is 1. The third-order valence-electron chi connectivity index (χ3n) is 3.35. The van der Waals surface area contributed by atoms with E-state index in [1.54, 1.807) is 17.7 Å². The zero-order chi connectivity index (χ0) is 14.7. The molecule has 3 heteroatoms. The second-order valence-electron chi connectivity index (χ2n) is 4.69. The summed E-state index contributed by atoms with van der Waals surface area (Å²) in [5.41, 5.74) is 2.80. The molecule has 0 aliphatic rings. The summed E-state index contributed by atoms with van der Waals surface area (Å²) in [4.78, 5) is 12.1. The molecule has 1 heterocycles. The molecule has 0 amide bonds. The van der Waals surface area contributed by atoms with Crippen LogP contribution in [-0.4, -0.2) is 11.7 Å². The van der Waals surface area contributed by atoms with Crippen LogP contribution in [0.15, 0.2) is 77.7 Å². The molecule has 3 rings (SSSR count). The number of benzene rings is 2. The third kappa shape index (κ3) is 2.72. The van der Waals surface area contributed by atoms with Gasteiger partial charge in [-0.2, -0.15) is 0 Å². The first-order valence-electron chi connectivity index (χ1n) is 6.70. The van der Waals surface area contributed by atoms with Crippen molar-refractivity contribution < 1.29 is 4.74 Å². The standard InChI is InChI=1S/C18H15NO2/c1-21-17-9-5-8-16(12-17)19-13-15(10-11-18(19)20)14-6-3-2-4-7-14/h2-13H,1H3. The van der Waals surface area contributed by atoms with E-state index in [2.05, 4.69) is 0 Å². The Balaban J connectivity index is 2.12. The molecule has 0 bridgehead atoms. The average molecular weight is 277 g/mol. The van der Waals surface area contributed by atoms with E-state index < -0.39 is 0 Å². The molecule has 0 fully saturated rings. The maximum Gasteiger partial charge on any atom is 0.255 e. The van der Waals surface area contributed by atoms with E-state index >= 15 is 0 Å². The molecule has 2 aromatic carbocycles. The van der Waals surface area contributed by atoms with Crippen molar-refractivity contribution in [2.24, 2.45) is 0 Å². The van der Waals surface area contributed by atoms with Crippen LogP contribution in [0.3, 0.4) is 0 Å². The van der Waals surface area contributed by atoms with Crippen molar-refractivity contribution in [1.82, 2.24) is 4.57 Å². The zero-order valence-corrected chi connectivity index (χ0v) is 11.7. The summed E-state index contributed by atoms with van der Waals surface area (Å²) in [6.45, 7) is 0. The lowest BCUT2D eigenvalue weighted by Gasteiger charge is -2.10. The molecule has 0 saturated heterocycles. The van der Waals surface area contributed by atoms with Gasteiger partial charge in [-0.3, -0.25) is 9.36 Å². The predicted octanol–water partition coefficient (Wildman–Crippen LogP) is 3.51. The number of hydrogen-bond donors (Lipinski definition) is 0. The second kappa shape index (κ2) is 5.67. The van der Waals surface area contributed by atoms with Crippen molar-refractivity contribution >= 4 is 0 Å². The van der Waals surface area contributed by atoms with Gasteiger partial charge in [0.25, 0.3) is 5.56 Å². The second-order valence-corrected chi connectivity index (χ2v) is 4.69. The molecule has 0 spiro atoms. The Hall–Kier alpha value is -2.81. The lowest BCUT2D eigenvalue weighted by atomic mass is 10.1. The topological polar surface area (TPSA) is 31.2 Å². The van der Waals surface area contributed by atoms with E-state index in [-0.39, 0.29) is 5.56 Å². The molecule has 3 nitrogen and oxygen atoms in total. The van der Waals surface area contributed by atoms with E-state index in [0.29, 0.717) is 0 Å². The molecule has 0 unspecified atom stereocenters. The summed E-state index contributed by atoms with van der Waals surface area (Å²) < 4.78 is 6.85. The highest BCUT2D eigenvalue weighted by atomic mass is 16.5. The first-order valence-corrected chi connectivity index (χ1v) is 6.70. The Morgan fingerprint density at radius 3 is 2.43 bits per heavy atom. The van der Waals surface area contributed by atoms with Crippen LogP contribution in [-0.2, 0) is 0 Å². The molecule has 0 saturated carbocycles. The maximum atomic E-state index is 12.1. The Bertz CT molecular complexity index is 807. The number of rotatable bonds is 3. The summed E-state index contributed by atoms with van der Waals surface area (Å²) in [7, 11) is 1.61. The summed E-state index contributed by atoms with van der Waals surface area (Å²) in [6.07, 6.45) is 1.85. The smallest absolute Gasteiger partial charge is 0.255 e. The number of hydrogen-bond acceptors (Lipinski definition) is 2. The molecule has 0 aliphatic carbocycles. The van der Waals surface area contributed by atoms with Crippen LogP contribution in [0.5, 0.6) is 5.75 Å². The fourth-order valence-corrected chi connectivity index (χ4v) is 2.25. The molecule has 1 aromatic heterocycles. The van der Waals surface area contributed by atoms with Crippen LogP contribution >= 0.6 is 0 Å². The van der Waals surface area contributed by atoms with Gasteiger partial charge in [0.15, 0.2) is 0 Å². The Morgan fingerprint density at radius 2 is 1.67 bits per heavy atom. The Morgan fingerprint density at radius 1 is 0.857 bits per heavy atom. The fourth-order valence-electron chi connectivity index (χ4n) is 2.25. The number of pyridine rings is 1. The highest BCUT2D eigenvalue weighted by Gasteiger charge is 2.04. The van der Waals surface area contributed by atoms with E-state index in [4.69, 9.17) is 4.74 Å². The molecular formula is C18H15NO2. The lowest BCUT2D eigenvalue weighted by molar-refractivity contribution is 0.414. The van der Waals surface area contributed by atoms with E-state index in [9.17, 15) is 4.79 Å². The minimum absolute atomic E-state index is 0.0667. The molecule has 3 aromatic rings. The van der Waals surface area contributed by atoms with Gasteiger partial charge in [-0.1, -0.05) is 36.4 Å². The van der Waals surface area contributed by atoms with Crippen molar-refractivity contribution in [2.75, 3.05) is 7.11 Å². The first kappa shape index (κ1) is 13.2. The van der Waals surface area contributed by atoms with Gasteiger partial charge in [-0.25, -0.2) is 0 Å². The highest BCUT2D eigenvalue weighted by molar-refractivity contribution is 5.62. The average Bonchev–Trinajstić information content (AvgIpc) is 2.56. The van der Waals surface area contributed by atoms with Gasteiger partial charge in [0.05, 0.1) is 12.8 Å². The first-order chi connectivity index (χ1) is 10.3. The van der Waals surface area contributed by atoms with Crippen molar-refractivity contribution in [3.05, 3.63) is 83.3 Å². The van der Waals surface area contributed by atoms with Gasteiger partial charge in [-0.05, 0) is 29.3 Å². The summed E-state index contributed by atoms with van der Waals surface area (Å²) in [5.74, 6) is 0.726. The maximum absolute atomic E-state index is 12.1. The zero-order valence-electron chi connectivity index (χ0n) is 11.7. The number of ether oxygens (including phenoxy) is 1. The Labute approximate surface area is 123 Å². The van der Waals surface area contributed by atoms with Gasteiger partial charge in [-0.15, -0.1) is 0 Å². The van der Waals surface area contributed by atoms with Crippen molar-refractivity contribution in [2.45, 2.75) is 0 Å². The number of nitrogens with zero attached hydrogens (tertiary/aromatic N) is 1. The van der Waals surface area contributed by atoms with Crippen LogP contribution < -0.4 is 10.3 Å². The lowest BCUT2D eigenvalue weighted by Crippen LogP contribution is -2.16. The quantitative estimate of drug-likeness (QED) is 0.733. The van der Waals surface area contributed by atoms with Crippen molar-refractivity contribution in [1.29, 1.82) is 0 Å². The molecule has 0 aliphatic heterocycles. The number of aromatic nitrogens is 1. The molecule has 0 radical (unpaired) electrons. The SMILES string of the molecule is COc1cccc(-n2cc(-c3ccccc3)ccc2=O)c1. The molecule has 0 atom stereocenters. The van der Waals surface area contributed by atoms with E-state index in [1.165, 1.54) is 0 Å². The van der Waals surface area contributed by atoms with Gasteiger partial charge in [0, 0.05) is 18.3 Å². The van der Waals surface area contributed by atoms with Crippen LogP contribution in [0, 0.1) is 0 Å². The third-order valence-corrected chi connectivity index (χ3v) is 3.35. The molecule has 104 valence electrons. The summed E-state index contributed by atoms with van der Waals surface area (Å²) in [5, 5.41) is 0. The largest absolute Gasteiger partial charge is 0.497 e. The Kier molecular flexibility index (Phi) is 3.56. The summed E-state index contributed by atoms with van der Waals surface area (Å²) >= 11 is 0. The van der Waals surface area contributed by atoms with Gasteiger partial charge < -0.3 is 4.74 Å². The fraction of sp³-hybridized carbons (Fsp3) is 0.0556. The van der Waals surface area contributed by atoms with E-state index in [1.807, 2.05) is 66.9 Å². The van der Waals surface area contributed by atoms with Crippen LogP contribution in [0.4, 0.5) is 0 Å². The van der Waals surface area contributed by atoms with Crippen LogP contribution in [0.2, 0.25) is 0 Å². The normalized spacial score (nSPS) is 10.3. The highest BCUT2D eigenvalue weighted by Crippen LogP contribution is 2.20. The molecule has 0 N–H and O–H groups in total. The van der Waals surface area contributed by atoms with Crippen LogP contribution in [0.1, 0.15) is 0 Å². The van der Waals surface area contributed by atoms with Gasteiger partial charge >= 0.3 is 0 Å². The van der Waals surface area contributed by atoms with Crippen LogP contribution in [0.25, 0.3) is 16.8 Å².